The largest absolute Gasteiger partial charge is 0.345 e. The van der Waals surface area contributed by atoms with Crippen LogP contribution in [0.4, 0.5) is 5.13 Å². The van der Waals surface area contributed by atoms with Gasteiger partial charge in [-0.05, 0) is 12.1 Å². The number of piperazine rings is 1. The number of amides is 1. The summed E-state index contributed by atoms with van der Waals surface area (Å²) in [6, 6.07) is 8.21. The second-order valence-corrected chi connectivity index (χ2v) is 7.71. The van der Waals surface area contributed by atoms with E-state index in [1.807, 2.05) is 23.1 Å². The summed E-state index contributed by atoms with van der Waals surface area (Å²) in [5.74, 6) is 0.0372. The first kappa shape index (κ1) is 18.2. The van der Waals surface area contributed by atoms with Crippen LogP contribution in [0, 0.1) is 0 Å². The number of nitrogens with zero attached hydrogens (tertiary/aromatic N) is 4. The maximum atomic E-state index is 12.9. The molecule has 5 rings (SSSR count). The molecular formula is C18H21ClN6OS. The monoisotopic (exact) mass is 404 g/mol. The van der Waals surface area contributed by atoms with Crippen LogP contribution in [-0.4, -0.2) is 58.7 Å². The third-order valence-electron chi connectivity index (χ3n) is 5.13. The van der Waals surface area contributed by atoms with Crippen molar-refractivity contribution in [3.8, 4) is 0 Å². The van der Waals surface area contributed by atoms with Gasteiger partial charge in [0.25, 0.3) is 5.91 Å². The van der Waals surface area contributed by atoms with E-state index >= 15 is 0 Å². The Hall–Kier alpha value is -2.16. The number of para-hydroxylation sites is 1. The summed E-state index contributed by atoms with van der Waals surface area (Å²) < 4.78 is 1.21. The Morgan fingerprint density at radius 2 is 1.96 bits per heavy atom. The molecule has 27 heavy (non-hydrogen) atoms. The number of carbonyl (C=O) groups is 1. The Labute approximate surface area is 167 Å². The van der Waals surface area contributed by atoms with Crippen molar-refractivity contribution in [3.05, 3.63) is 41.2 Å². The van der Waals surface area contributed by atoms with E-state index in [2.05, 4.69) is 26.5 Å². The number of H-pyrrole nitrogens is 1. The Bertz CT molecular complexity index is 929. The highest BCUT2D eigenvalue weighted by Gasteiger charge is 2.28. The number of hydrogen-bond acceptors (Lipinski definition) is 6. The van der Waals surface area contributed by atoms with E-state index in [4.69, 9.17) is 4.98 Å². The van der Waals surface area contributed by atoms with Gasteiger partial charge in [0, 0.05) is 56.9 Å². The first-order valence-corrected chi connectivity index (χ1v) is 9.78. The van der Waals surface area contributed by atoms with Crippen molar-refractivity contribution in [3.63, 3.8) is 0 Å². The van der Waals surface area contributed by atoms with Gasteiger partial charge < -0.3 is 15.1 Å². The Balaban J connectivity index is 0.00000180. The van der Waals surface area contributed by atoms with E-state index in [1.165, 1.54) is 4.70 Å². The quantitative estimate of drug-likeness (QED) is 0.683. The molecule has 9 heteroatoms. The van der Waals surface area contributed by atoms with Crippen molar-refractivity contribution in [2.24, 2.45) is 0 Å². The molecule has 2 N–H and O–H groups in total. The molecule has 0 bridgehead atoms. The fraction of sp³-hybridized carbons (Fsp3) is 0.389. The van der Waals surface area contributed by atoms with E-state index in [9.17, 15) is 4.79 Å². The van der Waals surface area contributed by atoms with Gasteiger partial charge in [0.1, 0.15) is 0 Å². The maximum absolute atomic E-state index is 12.9. The second-order valence-electron chi connectivity index (χ2n) is 6.70. The summed E-state index contributed by atoms with van der Waals surface area (Å²) in [7, 11) is 0. The van der Waals surface area contributed by atoms with Crippen LogP contribution in [0.5, 0.6) is 0 Å². The third kappa shape index (κ3) is 3.28. The van der Waals surface area contributed by atoms with E-state index < -0.39 is 0 Å². The van der Waals surface area contributed by atoms with Crippen molar-refractivity contribution < 1.29 is 4.79 Å². The van der Waals surface area contributed by atoms with Crippen LogP contribution in [0.3, 0.4) is 0 Å². The van der Waals surface area contributed by atoms with Gasteiger partial charge in [-0.15, -0.1) is 12.4 Å². The number of hydrogen-bond donors (Lipinski definition) is 2. The average Bonchev–Trinajstić information content (AvgIpc) is 3.32. The lowest BCUT2D eigenvalue weighted by Gasteiger charge is -2.34. The van der Waals surface area contributed by atoms with Crippen molar-refractivity contribution >= 4 is 45.0 Å². The summed E-state index contributed by atoms with van der Waals surface area (Å²) in [5.41, 5.74) is 3.76. The fourth-order valence-corrected chi connectivity index (χ4v) is 4.67. The average molecular weight is 405 g/mol. The Morgan fingerprint density at radius 3 is 2.78 bits per heavy atom. The van der Waals surface area contributed by atoms with Crippen molar-refractivity contribution in [2.45, 2.75) is 13.0 Å². The molecule has 0 spiro atoms. The molecule has 142 valence electrons. The van der Waals surface area contributed by atoms with Gasteiger partial charge in [-0.25, -0.2) is 4.98 Å². The molecule has 1 aromatic carbocycles. The van der Waals surface area contributed by atoms with Gasteiger partial charge in [-0.3, -0.25) is 9.89 Å². The highest BCUT2D eigenvalue weighted by Crippen LogP contribution is 2.29. The van der Waals surface area contributed by atoms with E-state index in [-0.39, 0.29) is 18.3 Å². The standard InChI is InChI=1S/C18H20N6OS.ClH/c25-17(16-12-11-19-6-5-13(12)21-22-16)23-7-9-24(10-8-23)18-20-14-3-1-2-4-15(14)26-18;/h1-4,19H,5-11H2,(H,21,22);1H. The molecule has 0 atom stereocenters. The molecule has 1 fully saturated rings. The summed E-state index contributed by atoms with van der Waals surface area (Å²) >= 11 is 1.72. The number of anilines is 1. The number of halogens is 1. The molecule has 0 unspecified atom stereocenters. The summed E-state index contributed by atoms with van der Waals surface area (Å²) in [6.07, 6.45) is 0.904. The summed E-state index contributed by atoms with van der Waals surface area (Å²) in [5, 5.41) is 11.7. The van der Waals surface area contributed by atoms with E-state index in [0.717, 1.165) is 54.5 Å². The number of rotatable bonds is 2. The lowest BCUT2D eigenvalue weighted by Crippen LogP contribution is -2.49. The minimum atomic E-state index is 0. The molecule has 2 aliphatic rings. The predicted molar refractivity (Wildman–Crippen MR) is 109 cm³/mol. The zero-order valence-corrected chi connectivity index (χ0v) is 16.4. The molecule has 1 saturated heterocycles. The Morgan fingerprint density at radius 1 is 1.15 bits per heavy atom. The molecule has 0 saturated carbocycles. The van der Waals surface area contributed by atoms with Crippen LogP contribution in [0.1, 0.15) is 21.7 Å². The van der Waals surface area contributed by atoms with Gasteiger partial charge in [-0.1, -0.05) is 23.5 Å². The smallest absolute Gasteiger partial charge is 0.274 e. The number of aromatic nitrogens is 3. The predicted octanol–water partition coefficient (Wildman–Crippen LogP) is 2.05. The summed E-state index contributed by atoms with van der Waals surface area (Å²) in [6.45, 7) is 4.66. The van der Waals surface area contributed by atoms with Crippen molar-refractivity contribution in [1.82, 2.24) is 25.4 Å². The van der Waals surface area contributed by atoms with Crippen LogP contribution in [0.25, 0.3) is 10.2 Å². The number of thiazole rings is 1. The number of fused-ring (bicyclic) bond motifs is 2. The van der Waals surface area contributed by atoms with Crippen LogP contribution in [0.15, 0.2) is 24.3 Å². The molecule has 1 amide bonds. The highest BCUT2D eigenvalue weighted by atomic mass is 35.5. The van der Waals surface area contributed by atoms with E-state index in [1.54, 1.807) is 11.3 Å². The van der Waals surface area contributed by atoms with Gasteiger partial charge in [-0.2, -0.15) is 5.10 Å². The van der Waals surface area contributed by atoms with Crippen molar-refractivity contribution in [1.29, 1.82) is 0 Å². The van der Waals surface area contributed by atoms with Crippen LogP contribution in [0.2, 0.25) is 0 Å². The molecule has 0 radical (unpaired) electrons. The molecule has 2 aliphatic heterocycles. The maximum Gasteiger partial charge on any atom is 0.274 e. The summed E-state index contributed by atoms with van der Waals surface area (Å²) in [4.78, 5) is 21.8. The molecule has 2 aromatic heterocycles. The normalized spacial score (nSPS) is 16.9. The number of carbonyl (C=O) groups excluding carboxylic acids is 1. The lowest BCUT2D eigenvalue weighted by molar-refractivity contribution is 0.0739. The molecule has 4 heterocycles. The zero-order valence-electron chi connectivity index (χ0n) is 14.8. The Kier molecular flexibility index (Phi) is 5.03. The van der Waals surface area contributed by atoms with Crippen LogP contribution < -0.4 is 10.2 Å². The highest BCUT2D eigenvalue weighted by molar-refractivity contribution is 7.22. The topological polar surface area (TPSA) is 77.2 Å². The van der Waals surface area contributed by atoms with Gasteiger partial charge >= 0.3 is 0 Å². The molecule has 3 aromatic rings. The second kappa shape index (κ2) is 7.46. The van der Waals surface area contributed by atoms with Crippen molar-refractivity contribution in [2.75, 3.05) is 37.6 Å². The fourth-order valence-electron chi connectivity index (χ4n) is 3.65. The van der Waals surface area contributed by atoms with Gasteiger partial charge in [0.2, 0.25) is 0 Å². The van der Waals surface area contributed by atoms with Gasteiger partial charge in [0.15, 0.2) is 10.8 Å². The number of benzene rings is 1. The minimum absolute atomic E-state index is 0. The van der Waals surface area contributed by atoms with Crippen LogP contribution >= 0.6 is 23.7 Å². The minimum Gasteiger partial charge on any atom is -0.345 e. The SMILES string of the molecule is Cl.O=C(c1n[nH]c2c1CNCC2)N1CCN(c2nc3ccccc3s2)CC1. The number of aromatic amines is 1. The lowest BCUT2D eigenvalue weighted by atomic mass is 10.1. The number of nitrogens with one attached hydrogen (secondary N) is 2. The molecule has 0 aliphatic carbocycles. The first-order chi connectivity index (χ1) is 12.8. The third-order valence-corrected chi connectivity index (χ3v) is 6.23. The first-order valence-electron chi connectivity index (χ1n) is 8.96. The van der Waals surface area contributed by atoms with Gasteiger partial charge in [0.05, 0.1) is 10.2 Å². The van der Waals surface area contributed by atoms with E-state index in [0.29, 0.717) is 18.8 Å². The molecular weight excluding hydrogens is 384 g/mol. The molecule has 7 nitrogen and oxygen atoms in total. The zero-order chi connectivity index (χ0) is 17.5. The van der Waals surface area contributed by atoms with Crippen LogP contribution in [-0.2, 0) is 13.0 Å².